The van der Waals surface area contributed by atoms with Gasteiger partial charge in [0.1, 0.15) is 0 Å². The average Bonchev–Trinajstić information content (AvgIpc) is 0.624. The minimum absolute atomic E-state index is 0.0867. The summed E-state index contributed by atoms with van der Waals surface area (Å²) in [5.41, 5.74) is 32.8. The van der Waals surface area contributed by atoms with Crippen LogP contribution in [0.25, 0.3) is 0 Å². The van der Waals surface area contributed by atoms with E-state index < -0.39 is 26.5 Å². The van der Waals surface area contributed by atoms with Gasteiger partial charge in [-0.2, -0.15) is 0 Å². The van der Waals surface area contributed by atoms with E-state index in [1.165, 1.54) is 159 Å². The van der Waals surface area contributed by atoms with Crippen LogP contribution in [0.2, 0.25) is 0 Å². The van der Waals surface area contributed by atoms with Crippen LogP contribution < -0.4 is 64.6 Å². The first-order chi connectivity index (χ1) is 58.8. The summed E-state index contributed by atoms with van der Waals surface area (Å²) in [6, 6.07) is 106. The van der Waals surface area contributed by atoms with Gasteiger partial charge in [-0.1, -0.05) is 0 Å². The molecule has 8 heteroatoms. The van der Waals surface area contributed by atoms with E-state index in [9.17, 15) is 0 Å². The second kappa shape index (κ2) is 28.1. The van der Waals surface area contributed by atoms with Crippen LogP contribution in [0.3, 0.4) is 0 Å². The molecule has 0 spiro atoms. The first-order valence-corrected chi connectivity index (χ1v) is 54.8. The molecule has 0 fully saturated rings. The zero-order valence-corrected chi connectivity index (χ0v) is 85.1. The van der Waals surface area contributed by atoms with Crippen LogP contribution in [0.15, 0.2) is 255 Å². The predicted molar refractivity (Wildman–Crippen MR) is 550 cm³/mol. The predicted octanol–water partition coefficient (Wildman–Crippen LogP) is 28.1. The van der Waals surface area contributed by atoms with Crippen molar-refractivity contribution in [1.29, 1.82) is 0 Å². The molecule has 0 unspecified atom stereocenters. The molecule has 0 atom stereocenters. The molecular weight excluding hydrogens is 1650 g/mol. The summed E-state index contributed by atoms with van der Waals surface area (Å²) in [7, 11) is 0. The average molecular weight is 1780 g/mol. The fraction of sp³-hybridized carbons (Fsp3) is 0.339. The second-order valence-corrected chi connectivity index (χ2v) is 62.7. The van der Waals surface area contributed by atoms with Gasteiger partial charge in [-0.05, 0) is 0 Å². The van der Waals surface area contributed by atoms with Crippen LogP contribution >= 0.6 is 0 Å². The Morgan fingerprint density at radius 3 is 0.444 bits per heavy atom. The van der Waals surface area contributed by atoms with Crippen LogP contribution in [0.1, 0.15) is 263 Å². The molecule has 0 aromatic heterocycles. The van der Waals surface area contributed by atoms with E-state index in [2.05, 4.69) is 492 Å². The topological polar surface area (TPSA) is 19.4 Å². The Labute approximate surface area is 759 Å². The van der Waals surface area contributed by atoms with Crippen molar-refractivity contribution in [3.63, 3.8) is 0 Å². The number of nitrogens with zero attached hydrogens (tertiary/aromatic N) is 6. The van der Waals surface area contributed by atoms with E-state index >= 15 is 0 Å². The molecule has 6 aliphatic rings. The number of hydrogen-bond donors (Lipinski definition) is 0. The van der Waals surface area contributed by atoms with Crippen molar-refractivity contribution >= 4 is 164 Å². The third-order valence-corrected chi connectivity index (χ3v) is 49.4. The molecule has 6 aliphatic heterocycles. The summed E-state index contributed by atoms with van der Waals surface area (Å²) < 4.78 is 11.5. The first-order valence-electron chi connectivity index (χ1n) is 46.4. The quantitative estimate of drug-likeness (QED) is 0.140. The Bertz CT molecular complexity index is 5860. The van der Waals surface area contributed by atoms with Crippen molar-refractivity contribution in [2.45, 2.75) is 262 Å². The summed E-state index contributed by atoms with van der Waals surface area (Å²) in [4.78, 5) is 17.3. The van der Waals surface area contributed by atoms with Crippen molar-refractivity contribution in [2.24, 2.45) is 0 Å². The minimum atomic E-state index is -5.12. The second-order valence-electron chi connectivity index (χ2n) is 47.7. The fourth-order valence-electron chi connectivity index (χ4n) is 21.4. The molecule has 0 radical (unpaired) electrons. The van der Waals surface area contributed by atoms with Gasteiger partial charge < -0.3 is 0 Å². The number of rotatable bonds is 8. The Kier molecular flexibility index (Phi) is 19.0. The molecule has 0 amide bonds. The van der Waals surface area contributed by atoms with E-state index in [4.69, 9.17) is 0 Å². The van der Waals surface area contributed by atoms with Gasteiger partial charge in [-0.3, -0.25) is 0 Å². The number of benzene rings is 13. The molecule has 13 aromatic rings. The molecule has 0 saturated heterocycles. The third-order valence-electron chi connectivity index (χ3n) is 28.7. The van der Waals surface area contributed by atoms with Crippen molar-refractivity contribution in [2.75, 3.05) is 29.4 Å². The SMILES string of the molecule is CC(C)(C)c1ccc(N2c3cc(C(C)(C)C)cc4[c]3[Ge]3([c]5ccccc5)[c]5c2cc(C(C)(C)C)cc5N(c2ccc(C(C)(C)C)cc2)c2c5[c]6c(c([c]23)N4c2ccc(C(C)(C)C)cc2)N(c2ccc(C(C)(C)C)cc2)c2cc(C(C)(C)C)cc3[c]2[Ge]6([c]2ccccc2)[c]2c(cc(C(C)(C)C)cc2N5c2ccc(C(C)(C)C)cc2)N3c2ccc(C(C)(C)C)cc2)cc1. The summed E-state index contributed by atoms with van der Waals surface area (Å²) >= 11 is -10.2. The normalized spacial score (nSPS) is 15.6. The molecule has 0 N–H and O–H groups in total. The molecular formula is C118H132Ge2N6. The van der Waals surface area contributed by atoms with Crippen LogP contribution in [0.4, 0.5) is 102 Å². The monoisotopic (exact) mass is 1780 g/mol. The third kappa shape index (κ3) is 13.0. The van der Waals surface area contributed by atoms with Gasteiger partial charge in [0.15, 0.2) is 0 Å². The Morgan fingerprint density at radius 1 is 0.151 bits per heavy atom. The number of fused-ring (bicyclic) bond motifs is 2. The van der Waals surface area contributed by atoms with Crippen LogP contribution in [-0.2, 0) is 54.1 Å². The molecule has 642 valence electrons. The molecule has 0 saturated carbocycles. The zero-order valence-electron chi connectivity index (χ0n) is 80.9. The Hall–Kier alpha value is -10.3. The van der Waals surface area contributed by atoms with Gasteiger partial charge in [-0.25, -0.2) is 0 Å². The molecule has 13 aromatic carbocycles. The molecule has 0 aliphatic carbocycles. The zero-order chi connectivity index (χ0) is 89.9. The van der Waals surface area contributed by atoms with Crippen LogP contribution in [0, 0.1) is 0 Å². The standard InChI is InChI=1S/C118H132Ge2N6/c1-109(2,3)73-41-53-85(54-42-73)121-91-65-79(115(19,20)21)69-95-99(91)119(83-37-33-31-34-38-83)100-92(121)66-80(116(22,23)24)70-96(100)124(88-59-47-76(48-60-88)112(10,11)12)106-103(119)105(123(95)87-57-45-75(46-58-87)111(7,8)9)107-104-108(106)126(90-63-51-78(52-64-90)114(16,17)18)98-72-82(118(28,29)30)68-94-102(98)120(104,84-39-35-32-36-40-84)101-93(122(94)86-55-43-74(44-56-86)110(4,5)6)67-81(117(25,26)27)71-97(101)125(107)89-61-49-77(50-62-89)113(13,14)15/h31-72H,1-30H3. The van der Waals surface area contributed by atoms with E-state index in [0.717, 1.165) is 34.1 Å². The maximum atomic E-state index is 2.92. The molecule has 6 nitrogen and oxygen atoms in total. The summed E-state index contributed by atoms with van der Waals surface area (Å²) in [5, 5.41) is 0. The van der Waals surface area contributed by atoms with Gasteiger partial charge in [-0.15, -0.1) is 0 Å². The van der Waals surface area contributed by atoms with Crippen molar-refractivity contribution in [1.82, 2.24) is 0 Å². The van der Waals surface area contributed by atoms with Gasteiger partial charge in [0.05, 0.1) is 0 Å². The van der Waals surface area contributed by atoms with Crippen molar-refractivity contribution in [3.8, 4) is 0 Å². The molecule has 6 heterocycles. The van der Waals surface area contributed by atoms with Crippen LogP contribution in [-0.4, -0.2) is 26.5 Å². The van der Waals surface area contributed by atoms with Gasteiger partial charge >= 0.3 is 766 Å². The summed E-state index contributed by atoms with van der Waals surface area (Å²) in [6.45, 7) is 72.2. The molecule has 126 heavy (non-hydrogen) atoms. The van der Waals surface area contributed by atoms with E-state index in [1.54, 1.807) is 0 Å². The van der Waals surface area contributed by atoms with E-state index in [0.29, 0.717) is 0 Å². The summed E-state index contributed by atoms with van der Waals surface area (Å²) in [5.74, 6) is 0. The maximum absolute atomic E-state index is 5.12. The Morgan fingerprint density at radius 2 is 0.294 bits per heavy atom. The number of hydrogen-bond acceptors (Lipinski definition) is 6. The van der Waals surface area contributed by atoms with E-state index in [1.807, 2.05) is 0 Å². The molecule has 0 bridgehead atoms. The fourth-order valence-corrected chi connectivity index (χ4v) is 45.6. The van der Waals surface area contributed by atoms with E-state index in [-0.39, 0.29) is 54.1 Å². The van der Waals surface area contributed by atoms with Crippen molar-refractivity contribution in [3.05, 3.63) is 310 Å². The van der Waals surface area contributed by atoms with Gasteiger partial charge in [0, 0.05) is 0 Å². The first kappa shape index (κ1) is 85.2. The van der Waals surface area contributed by atoms with Gasteiger partial charge in [0.2, 0.25) is 0 Å². The molecule has 19 rings (SSSR count). The van der Waals surface area contributed by atoms with Crippen molar-refractivity contribution < 1.29 is 0 Å². The number of anilines is 18. The summed E-state index contributed by atoms with van der Waals surface area (Å²) in [6.07, 6.45) is 0. The Balaban J connectivity index is 1.18. The van der Waals surface area contributed by atoms with Crippen LogP contribution in [0.5, 0.6) is 0 Å². The van der Waals surface area contributed by atoms with Gasteiger partial charge in [0.25, 0.3) is 0 Å².